The first-order chi connectivity index (χ1) is 8.56. The molecule has 0 spiro atoms. The SMILES string of the molecule is O=C(Cn1cc(C(=O)O)nn1)c1cccc(Br)c1. The summed E-state index contributed by atoms with van der Waals surface area (Å²) in [6.45, 7) is -0.0449. The molecular formula is C11H8BrN3O3. The topological polar surface area (TPSA) is 85.1 Å². The van der Waals surface area contributed by atoms with Crippen LogP contribution in [0.2, 0.25) is 0 Å². The van der Waals surface area contributed by atoms with Crippen LogP contribution in [-0.4, -0.2) is 31.9 Å². The van der Waals surface area contributed by atoms with Gasteiger partial charge in [-0.3, -0.25) is 4.79 Å². The van der Waals surface area contributed by atoms with Gasteiger partial charge in [0.1, 0.15) is 6.54 Å². The van der Waals surface area contributed by atoms with Crippen LogP contribution in [0.5, 0.6) is 0 Å². The number of nitrogens with zero attached hydrogens (tertiary/aromatic N) is 3. The van der Waals surface area contributed by atoms with Gasteiger partial charge in [-0.2, -0.15) is 0 Å². The summed E-state index contributed by atoms with van der Waals surface area (Å²) in [5.74, 6) is -1.34. The summed E-state index contributed by atoms with van der Waals surface area (Å²) in [7, 11) is 0. The van der Waals surface area contributed by atoms with Gasteiger partial charge < -0.3 is 5.11 Å². The highest BCUT2D eigenvalue weighted by Crippen LogP contribution is 2.12. The predicted molar refractivity (Wildman–Crippen MR) is 65.5 cm³/mol. The van der Waals surface area contributed by atoms with Crippen molar-refractivity contribution in [2.45, 2.75) is 6.54 Å². The Bertz CT molecular complexity index is 609. The summed E-state index contributed by atoms with van der Waals surface area (Å²) in [6, 6.07) is 6.94. The number of carbonyl (C=O) groups is 2. The lowest BCUT2D eigenvalue weighted by molar-refractivity contribution is 0.0690. The number of carboxylic acid groups (broad SMARTS) is 1. The Morgan fingerprint density at radius 1 is 1.39 bits per heavy atom. The summed E-state index contributed by atoms with van der Waals surface area (Å²) in [6.07, 6.45) is 1.22. The maximum absolute atomic E-state index is 11.9. The molecule has 0 aliphatic carbocycles. The number of carboxylic acids is 1. The number of aromatic nitrogens is 3. The van der Waals surface area contributed by atoms with Crippen molar-refractivity contribution in [2.24, 2.45) is 0 Å². The highest BCUT2D eigenvalue weighted by Gasteiger charge is 2.12. The standard InChI is InChI=1S/C11H8BrN3O3/c12-8-3-1-2-7(4-8)10(16)6-15-5-9(11(17)18)13-14-15/h1-5H,6H2,(H,17,18). The van der Waals surface area contributed by atoms with E-state index in [0.29, 0.717) is 5.56 Å². The van der Waals surface area contributed by atoms with Crippen molar-refractivity contribution in [3.05, 3.63) is 46.2 Å². The number of halogens is 1. The van der Waals surface area contributed by atoms with Crippen molar-refractivity contribution >= 4 is 27.7 Å². The van der Waals surface area contributed by atoms with Gasteiger partial charge in [0.05, 0.1) is 6.20 Å². The lowest BCUT2D eigenvalue weighted by atomic mass is 10.1. The van der Waals surface area contributed by atoms with E-state index in [4.69, 9.17) is 5.11 Å². The Morgan fingerprint density at radius 2 is 2.17 bits per heavy atom. The second kappa shape index (κ2) is 5.09. The van der Waals surface area contributed by atoms with Crippen molar-refractivity contribution in [2.75, 3.05) is 0 Å². The maximum Gasteiger partial charge on any atom is 0.358 e. The number of rotatable bonds is 4. The zero-order chi connectivity index (χ0) is 13.1. The summed E-state index contributed by atoms with van der Waals surface area (Å²) in [4.78, 5) is 22.5. The summed E-state index contributed by atoms with van der Waals surface area (Å²) >= 11 is 3.27. The van der Waals surface area contributed by atoms with Gasteiger partial charge in [-0.1, -0.05) is 33.3 Å². The molecule has 0 saturated heterocycles. The van der Waals surface area contributed by atoms with Crippen LogP contribution in [0.4, 0.5) is 0 Å². The molecule has 1 aromatic heterocycles. The molecule has 92 valence electrons. The van der Waals surface area contributed by atoms with Crippen molar-refractivity contribution < 1.29 is 14.7 Å². The number of carbonyl (C=O) groups excluding carboxylic acids is 1. The van der Waals surface area contributed by atoms with Crippen LogP contribution in [0.15, 0.2) is 34.9 Å². The Morgan fingerprint density at radius 3 is 2.78 bits per heavy atom. The van der Waals surface area contributed by atoms with Crippen molar-refractivity contribution in [3.8, 4) is 0 Å². The first-order valence-corrected chi connectivity index (χ1v) is 5.78. The minimum atomic E-state index is -1.17. The van der Waals surface area contributed by atoms with E-state index in [-0.39, 0.29) is 18.0 Å². The number of benzene rings is 1. The smallest absolute Gasteiger partial charge is 0.358 e. The molecule has 0 aliphatic rings. The number of Topliss-reactive ketones (excluding diaryl/α,β-unsaturated/α-hetero) is 1. The highest BCUT2D eigenvalue weighted by molar-refractivity contribution is 9.10. The summed E-state index contributed by atoms with van der Waals surface area (Å²) < 4.78 is 2.00. The zero-order valence-electron chi connectivity index (χ0n) is 9.08. The average molecular weight is 310 g/mol. The first-order valence-electron chi connectivity index (χ1n) is 4.98. The molecule has 1 heterocycles. The van der Waals surface area contributed by atoms with E-state index < -0.39 is 5.97 Å². The van der Waals surface area contributed by atoms with E-state index in [2.05, 4.69) is 26.2 Å². The van der Waals surface area contributed by atoms with E-state index >= 15 is 0 Å². The van der Waals surface area contributed by atoms with E-state index in [9.17, 15) is 9.59 Å². The fraction of sp³-hybridized carbons (Fsp3) is 0.0909. The van der Waals surface area contributed by atoms with Gasteiger partial charge in [0.2, 0.25) is 0 Å². The molecule has 2 rings (SSSR count). The van der Waals surface area contributed by atoms with Crippen LogP contribution in [0.25, 0.3) is 0 Å². The minimum Gasteiger partial charge on any atom is -0.476 e. The van der Waals surface area contributed by atoms with Gasteiger partial charge in [0.15, 0.2) is 11.5 Å². The maximum atomic E-state index is 11.9. The quantitative estimate of drug-likeness (QED) is 0.867. The Balaban J connectivity index is 2.13. The van der Waals surface area contributed by atoms with Crippen LogP contribution in [0, 0.1) is 0 Å². The van der Waals surface area contributed by atoms with E-state index in [1.165, 1.54) is 10.9 Å². The minimum absolute atomic E-state index is 0.0449. The van der Waals surface area contributed by atoms with Crippen LogP contribution in [0.1, 0.15) is 20.8 Å². The third-order valence-corrected chi connectivity index (χ3v) is 2.70. The molecule has 1 aromatic carbocycles. The van der Waals surface area contributed by atoms with Crippen LogP contribution in [0.3, 0.4) is 0 Å². The lowest BCUT2D eigenvalue weighted by Gasteiger charge is -2.01. The van der Waals surface area contributed by atoms with Crippen molar-refractivity contribution in [1.29, 1.82) is 0 Å². The fourth-order valence-electron chi connectivity index (χ4n) is 1.37. The zero-order valence-corrected chi connectivity index (χ0v) is 10.7. The number of hydrogen-bond donors (Lipinski definition) is 1. The van der Waals surface area contributed by atoms with Crippen LogP contribution < -0.4 is 0 Å². The Kier molecular flexibility index (Phi) is 3.52. The third kappa shape index (κ3) is 2.80. The molecule has 0 aliphatic heterocycles. The molecule has 18 heavy (non-hydrogen) atoms. The van der Waals surface area contributed by atoms with E-state index in [1.54, 1.807) is 18.2 Å². The van der Waals surface area contributed by atoms with Gasteiger partial charge in [0.25, 0.3) is 0 Å². The molecule has 0 amide bonds. The molecule has 6 nitrogen and oxygen atoms in total. The second-order valence-electron chi connectivity index (χ2n) is 3.54. The molecule has 1 N–H and O–H groups in total. The molecule has 0 radical (unpaired) electrons. The van der Waals surface area contributed by atoms with Gasteiger partial charge >= 0.3 is 5.97 Å². The van der Waals surface area contributed by atoms with E-state index in [1.807, 2.05) is 6.07 Å². The monoisotopic (exact) mass is 309 g/mol. The number of ketones is 1. The fourth-order valence-corrected chi connectivity index (χ4v) is 1.77. The summed E-state index contributed by atoms with van der Waals surface area (Å²) in [5.41, 5.74) is 0.341. The van der Waals surface area contributed by atoms with Crippen LogP contribution in [-0.2, 0) is 6.54 Å². The summed E-state index contributed by atoms with van der Waals surface area (Å²) in [5, 5.41) is 15.7. The molecule has 0 bridgehead atoms. The molecule has 0 unspecified atom stereocenters. The van der Waals surface area contributed by atoms with Crippen molar-refractivity contribution in [3.63, 3.8) is 0 Å². The van der Waals surface area contributed by atoms with Gasteiger partial charge in [-0.25, -0.2) is 9.48 Å². The third-order valence-electron chi connectivity index (χ3n) is 2.21. The molecular weight excluding hydrogens is 302 g/mol. The molecule has 2 aromatic rings. The molecule has 0 atom stereocenters. The molecule has 7 heteroatoms. The van der Waals surface area contributed by atoms with Gasteiger partial charge in [-0.15, -0.1) is 5.10 Å². The average Bonchev–Trinajstić information content (AvgIpc) is 2.77. The predicted octanol–water partition coefficient (Wildman–Crippen LogP) is 1.62. The van der Waals surface area contributed by atoms with Gasteiger partial charge in [-0.05, 0) is 12.1 Å². The Labute approximate surface area is 110 Å². The van der Waals surface area contributed by atoms with Crippen molar-refractivity contribution in [1.82, 2.24) is 15.0 Å². The van der Waals surface area contributed by atoms with Crippen LogP contribution >= 0.6 is 15.9 Å². The lowest BCUT2D eigenvalue weighted by Crippen LogP contribution is -2.11. The highest BCUT2D eigenvalue weighted by atomic mass is 79.9. The van der Waals surface area contributed by atoms with Gasteiger partial charge in [0, 0.05) is 10.0 Å². The Hall–Kier alpha value is -2.02. The largest absolute Gasteiger partial charge is 0.476 e. The second-order valence-corrected chi connectivity index (χ2v) is 4.46. The molecule has 0 fully saturated rings. The number of aromatic carboxylic acids is 1. The first kappa shape index (κ1) is 12.4. The normalized spacial score (nSPS) is 10.3. The molecule has 0 saturated carbocycles. The number of hydrogen-bond acceptors (Lipinski definition) is 4. The van der Waals surface area contributed by atoms with E-state index in [0.717, 1.165) is 4.47 Å².